The minimum Gasteiger partial charge on any atom is -0.384 e. The van der Waals surface area contributed by atoms with Crippen LogP contribution in [0, 0.1) is 3.57 Å². The molecule has 0 aliphatic rings. The van der Waals surface area contributed by atoms with Crippen LogP contribution < -0.4 is 5.73 Å². The van der Waals surface area contributed by atoms with E-state index in [9.17, 15) is 0 Å². The molecule has 2 rings (SSSR count). The Morgan fingerprint density at radius 2 is 1.76 bits per heavy atom. The average molecular weight is 341 g/mol. The van der Waals surface area contributed by atoms with Crippen molar-refractivity contribution in [1.82, 2.24) is 9.78 Å². The normalized spacial score (nSPS) is 11.8. The lowest BCUT2D eigenvalue weighted by atomic mass is 9.92. The summed E-state index contributed by atoms with van der Waals surface area (Å²) in [6, 6.07) is 10.1. The molecular formula is C13H16IN3. The second-order valence-corrected chi connectivity index (χ2v) is 6.34. The van der Waals surface area contributed by atoms with Crippen molar-refractivity contribution < 1.29 is 0 Å². The highest BCUT2D eigenvalue weighted by Crippen LogP contribution is 2.24. The van der Waals surface area contributed by atoms with E-state index in [1.807, 2.05) is 30.3 Å². The second kappa shape index (κ2) is 4.33. The van der Waals surface area contributed by atoms with Gasteiger partial charge in [-0.05, 0) is 46.9 Å². The van der Waals surface area contributed by atoms with Gasteiger partial charge < -0.3 is 5.73 Å². The number of nitrogens with two attached hydrogens (primary N) is 1. The molecule has 17 heavy (non-hydrogen) atoms. The molecule has 3 nitrogen and oxygen atoms in total. The largest absolute Gasteiger partial charge is 0.384 e. The van der Waals surface area contributed by atoms with Crippen LogP contribution in [0.1, 0.15) is 26.5 Å². The van der Waals surface area contributed by atoms with E-state index in [1.165, 1.54) is 3.57 Å². The van der Waals surface area contributed by atoms with Crippen LogP contribution in [0.25, 0.3) is 5.69 Å². The van der Waals surface area contributed by atoms with E-state index >= 15 is 0 Å². The van der Waals surface area contributed by atoms with Crippen LogP contribution in [-0.4, -0.2) is 9.78 Å². The van der Waals surface area contributed by atoms with E-state index in [1.54, 1.807) is 4.68 Å². The fourth-order valence-electron chi connectivity index (χ4n) is 1.55. The van der Waals surface area contributed by atoms with Gasteiger partial charge in [0.1, 0.15) is 5.82 Å². The van der Waals surface area contributed by atoms with Crippen LogP contribution >= 0.6 is 22.6 Å². The van der Waals surface area contributed by atoms with Gasteiger partial charge in [-0.2, -0.15) is 5.10 Å². The first-order chi connectivity index (χ1) is 7.88. The molecule has 0 aliphatic carbocycles. The number of rotatable bonds is 1. The van der Waals surface area contributed by atoms with Crippen LogP contribution in [0.5, 0.6) is 0 Å². The Kier molecular flexibility index (Phi) is 3.16. The van der Waals surface area contributed by atoms with E-state index in [2.05, 4.69) is 48.5 Å². The molecular weight excluding hydrogens is 325 g/mol. The Hall–Kier alpha value is -1.04. The third-order valence-corrected chi connectivity index (χ3v) is 3.30. The molecule has 90 valence electrons. The summed E-state index contributed by atoms with van der Waals surface area (Å²) in [4.78, 5) is 0. The van der Waals surface area contributed by atoms with Crippen molar-refractivity contribution in [3.05, 3.63) is 39.6 Å². The summed E-state index contributed by atoms with van der Waals surface area (Å²) >= 11 is 2.28. The Morgan fingerprint density at radius 1 is 1.18 bits per heavy atom. The van der Waals surface area contributed by atoms with Crippen LogP contribution in [0.3, 0.4) is 0 Å². The lowest BCUT2D eigenvalue weighted by Crippen LogP contribution is -2.12. The van der Waals surface area contributed by atoms with Crippen LogP contribution in [0.2, 0.25) is 0 Å². The monoisotopic (exact) mass is 341 g/mol. The van der Waals surface area contributed by atoms with Gasteiger partial charge in [0, 0.05) is 15.1 Å². The van der Waals surface area contributed by atoms with Crippen LogP contribution in [0.15, 0.2) is 30.3 Å². The SMILES string of the molecule is CC(C)(C)c1cc(N)n(-c2ccc(I)cc2)n1. The van der Waals surface area contributed by atoms with E-state index in [-0.39, 0.29) is 5.41 Å². The zero-order valence-electron chi connectivity index (χ0n) is 10.2. The molecule has 1 heterocycles. The molecule has 0 radical (unpaired) electrons. The Bertz CT molecular complexity index is 521. The topological polar surface area (TPSA) is 43.8 Å². The van der Waals surface area contributed by atoms with Crippen LogP contribution in [-0.2, 0) is 5.41 Å². The predicted octanol–water partition coefficient (Wildman–Crippen LogP) is 3.36. The summed E-state index contributed by atoms with van der Waals surface area (Å²) in [5.74, 6) is 0.677. The number of benzene rings is 1. The highest BCUT2D eigenvalue weighted by atomic mass is 127. The number of aromatic nitrogens is 2. The maximum Gasteiger partial charge on any atom is 0.127 e. The highest BCUT2D eigenvalue weighted by molar-refractivity contribution is 14.1. The molecule has 0 unspecified atom stereocenters. The fourth-order valence-corrected chi connectivity index (χ4v) is 1.91. The van der Waals surface area contributed by atoms with Gasteiger partial charge in [-0.15, -0.1) is 0 Å². The van der Waals surface area contributed by atoms with Gasteiger partial charge >= 0.3 is 0 Å². The standard InChI is InChI=1S/C13H16IN3/c1-13(2,3)11-8-12(15)17(16-11)10-6-4-9(14)5-7-10/h4-8H,15H2,1-3H3. The van der Waals surface area contributed by atoms with Gasteiger partial charge in [-0.1, -0.05) is 20.8 Å². The number of hydrogen-bond donors (Lipinski definition) is 1. The molecule has 0 saturated carbocycles. The molecule has 0 atom stereocenters. The second-order valence-electron chi connectivity index (χ2n) is 5.09. The quantitative estimate of drug-likeness (QED) is 0.809. The molecule has 0 saturated heterocycles. The van der Waals surface area contributed by atoms with Gasteiger partial charge in [0.15, 0.2) is 0 Å². The third-order valence-electron chi connectivity index (χ3n) is 2.58. The summed E-state index contributed by atoms with van der Waals surface area (Å²) in [7, 11) is 0. The molecule has 1 aromatic carbocycles. The summed E-state index contributed by atoms with van der Waals surface area (Å²) < 4.78 is 2.99. The maximum atomic E-state index is 6.01. The molecule has 2 N–H and O–H groups in total. The zero-order chi connectivity index (χ0) is 12.6. The summed E-state index contributed by atoms with van der Waals surface area (Å²) in [5.41, 5.74) is 8.03. The van der Waals surface area contributed by atoms with E-state index in [0.29, 0.717) is 5.82 Å². The maximum absolute atomic E-state index is 6.01. The molecule has 2 aromatic rings. The zero-order valence-corrected chi connectivity index (χ0v) is 12.4. The molecule has 0 amide bonds. The van der Waals surface area contributed by atoms with Gasteiger partial charge in [-0.25, -0.2) is 4.68 Å². The molecule has 0 spiro atoms. The lowest BCUT2D eigenvalue weighted by Gasteiger charge is -2.14. The van der Waals surface area contributed by atoms with Crippen LogP contribution in [0.4, 0.5) is 5.82 Å². The van der Waals surface area contributed by atoms with Crippen molar-refractivity contribution in [1.29, 1.82) is 0 Å². The number of halogens is 1. The first kappa shape index (κ1) is 12.4. The molecule has 1 aromatic heterocycles. The van der Waals surface area contributed by atoms with Crippen molar-refractivity contribution in [2.75, 3.05) is 5.73 Å². The van der Waals surface area contributed by atoms with Crippen molar-refractivity contribution in [2.45, 2.75) is 26.2 Å². The lowest BCUT2D eigenvalue weighted by molar-refractivity contribution is 0.560. The number of nitrogens with zero attached hydrogens (tertiary/aromatic N) is 2. The summed E-state index contributed by atoms with van der Waals surface area (Å²) in [6.07, 6.45) is 0. The highest BCUT2D eigenvalue weighted by Gasteiger charge is 2.19. The van der Waals surface area contributed by atoms with E-state index in [4.69, 9.17) is 5.73 Å². The van der Waals surface area contributed by atoms with Gasteiger partial charge in [0.25, 0.3) is 0 Å². The molecule has 0 fully saturated rings. The molecule has 0 aliphatic heterocycles. The Morgan fingerprint density at radius 3 is 2.24 bits per heavy atom. The van der Waals surface area contributed by atoms with Gasteiger partial charge in [-0.3, -0.25) is 0 Å². The fraction of sp³-hybridized carbons (Fsp3) is 0.308. The summed E-state index contributed by atoms with van der Waals surface area (Å²) in [5, 5.41) is 4.57. The smallest absolute Gasteiger partial charge is 0.127 e. The van der Waals surface area contributed by atoms with Gasteiger partial charge in [0.2, 0.25) is 0 Å². The van der Waals surface area contributed by atoms with Crippen molar-refractivity contribution in [3.8, 4) is 5.69 Å². The Balaban J connectivity index is 2.46. The molecule has 0 bridgehead atoms. The first-order valence-corrected chi connectivity index (χ1v) is 6.58. The third kappa shape index (κ3) is 2.62. The summed E-state index contributed by atoms with van der Waals surface area (Å²) in [6.45, 7) is 6.40. The molecule has 4 heteroatoms. The van der Waals surface area contributed by atoms with E-state index < -0.39 is 0 Å². The van der Waals surface area contributed by atoms with Crippen molar-refractivity contribution in [3.63, 3.8) is 0 Å². The van der Waals surface area contributed by atoms with Crippen molar-refractivity contribution >= 4 is 28.4 Å². The predicted molar refractivity (Wildman–Crippen MR) is 79.4 cm³/mol. The van der Waals surface area contributed by atoms with Gasteiger partial charge in [0.05, 0.1) is 11.4 Å². The van der Waals surface area contributed by atoms with E-state index in [0.717, 1.165) is 11.4 Å². The number of hydrogen-bond acceptors (Lipinski definition) is 2. The minimum absolute atomic E-state index is 0.0164. The average Bonchev–Trinajstić information content (AvgIpc) is 2.61. The van der Waals surface area contributed by atoms with Crippen molar-refractivity contribution in [2.24, 2.45) is 0 Å². The number of anilines is 1. The number of nitrogen functional groups attached to an aromatic ring is 1. The minimum atomic E-state index is 0.0164. The first-order valence-electron chi connectivity index (χ1n) is 5.50. The Labute approximate surface area is 115 Å².